The molecule has 7 atom stereocenters. The number of methoxy groups -OCH3 is 1. The Kier molecular flexibility index (Phi) is 6.60. The smallest absolute Gasteiger partial charge is 0.417 e. The van der Waals surface area contributed by atoms with Gasteiger partial charge in [0.2, 0.25) is 0 Å². The van der Waals surface area contributed by atoms with Crippen LogP contribution in [0.25, 0.3) is 0 Å². The quantitative estimate of drug-likeness (QED) is 0.320. The number of hydrogen-bond donors (Lipinski definition) is 3. The van der Waals surface area contributed by atoms with Crippen molar-refractivity contribution in [2.24, 2.45) is 22.7 Å². The molecule has 0 aromatic heterocycles. The SMILES string of the molecule is CO[C@]12CCC3(C[C@@H]1[C@](C)(O)C(C)(C)C)[C@H]1Cc4ccc(OC(=O)Nc5ccc(C(=O)O)c(C)c5)c5c4C3(CCN1CC1CC1)[C@H]2O5. The molecule has 5 fully saturated rings. The van der Waals surface area contributed by atoms with Crippen LogP contribution in [0.5, 0.6) is 11.5 Å². The largest absolute Gasteiger partial charge is 0.482 e. The van der Waals surface area contributed by atoms with Crippen LogP contribution in [0.1, 0.15) is 93.3 Å². The fraction of sp³-hybridized carbons (Fsp3) is 0.632. The summed E-state index contributed by atoms with van der Waals surface area (Å²) >= 11 is 0. The second-order valence-electron chi connectivity index (χ2n) is 16.6. The molecule has 5 aliphatic carbocycles. The number of fused-ring (bicyclic) bond motifs is 2. The Morgan fingerprint density at radius 2 is 1.87 bits per heavy atom. The Balaban J connectivity index is 1.22. The Morgan fingerprint density at radius 3 is 2.53 bits per heavy atom. The van der Waals surface area contributed by atoms with E-state index in [0.29, 0.717) is 28.8 Å². The van der Waals surface area contributed by atoms with E-state index in [1.165, 1.54) is 30.0 Å². The molecule has 9 heteroatoms. The fourth-order valence-electron chi connectivity index (χ4n) is 10.9. The van der Waals surface area contributed by atoms with Crippen LogP contribution in [-0.4, -0.2) is 70.7 Å². The molecule has 4 bridgehead atoms. The highest BCUT2D eigenvalue weighted by Crippen LogP contribution is 2.78. The normalized spacial score (nSPS) is 34.7. The molecule has 0 radical (unpaired) electrons. The molecular weight excluding hydrogens is 596 g/mol. The third kappa shape index (κ3) is 4.05. The van der Waals surface area contributed by atoms with Gasteiger partial charge in [0.1, 0.15) is 11.7 Å². The van der Waals surface area contributed by atoms with Crippen molar-refractivity contribution in [2.75, 3.05) is 25.5 Å². The number of carbonyl (C=O) groups is 2. The van der Waals surface area contributed by atoms with E-state index in [-0.39, 0.29) is 33.8 Å². The second kappa shape index (κ2) is 9.95. The van der Waals surface area contributed by atoms with Gasteiger partial charge in [0.25, 0.3) is 0 Å². The maximum Gasteiger partial charge on any atom is 0.417 e. The average molecular weight is 645 g/mol. The van der Waals surface area contributed by atoms with Gasteiger partial charge in [-0.2, -0.15) is 0 Å². The first-order valence-corrected chi connectivity index (χ1v) is 17.4. The number of carboxylic acids is 1. The Morgan fingerprint density at radius 1 is 1.11 bits per heavy atom. The van der Waals surface area contributed by atoms with Gasteiger partial charge in [0.05, 0.1) is 11.2 Å². The standard InChI is InChI=1S/C38H48N2O7/c1-21-17-24(10-11-25(21)31(41)42)39-33(43)46-26-12-9-23-18-28-36-13-14-38(45-6,27(19-36)35(5,44)34(2,3)4)32-37(36,29(23)30(26)47-32)15-16-40(28)20-22-7-8-22/h9-12,17,22,27-28,32,44H,7-8,13-16,18-20H2,1-6H3,(H,39,43)(H,41,42)/t27-,28-,32-,35+,36?,37?,38-/m1/s1. The van der Waals surface area contributed by atoms with Crippen LogP contribution < -0.4 is 14.8 Å². The summed E-state index contributed by atoms with van der Waals surface area (Å²) in [7, 11) is 1.79. The number of benzene rings is 2. The van der Waals surface area contributed by atoms with Crippen LogP contribution >= 0.6 is 0 Å². The van der Waals surface area contributed by atoms with Crippen LogP contribution in [0, 0.1) is 29.6 Å². The Labute approximate surface area is 277 Å². The van der Waals surface area contributed by atoms with Gasteiger partial charge >= 0.3 is 12.1 Å². The van der Waals surface area contributed by atoms with E-state index in [2.05, 4.69) is 37.1 Å². The first kappa shape index (κ1) is 31.1. The van der Waals surface area contributed by atoms with Crippen LogP contribution in [0.2, 0.25) is 0 Å². The number of hydrogen-bond acceptors (Lipinski definition) is 7. The van der Waals surface area contributed by atoms with Crippen LogP contribution in [0.3, 0.4) is 0 Å². The maximum absolute atomic E-state index is 13.3. The van der Waals surface area contributed by atoms with E-state index in [1.807, 2.05) is 13.0 Å². The molecular formula is C38H48N2O7. The number of nitrogens with zero attached hydrogens (tertiary/aromatic N) is 1. The molecule has 2 aliphatic heterocycles. The molecule has 2 unspecified atom stereocenters. The average Bonchev–Trinajstić information content (AvgIpc) is 3.75. The summed E-state index contributed by atoms with van der Waals surface area (Å²) in [6, 6.07) is 9.01. The second-order valence-corrected chi connectivity index (χ2v) is 16.6. The van der Waals surface area contributed by atoms with E-state index < -0.39 is 23.3 Å². The predicted molar refractivity (Wildman–Crippen MR) is 176 cm³/mol. The molecule has 9 nitrogen and oxygen atoms in total. The molecule has 9 rings (SSSR count). The van der Waals surface area contributed by atoms with E-state index in [9.17, 15) is 19.8 Å². The molecule has 2 spiro atoms. The minimum Gasteiger partial charge on any atom is -0.482 e. The number of carboxylic acid groups (broad SMARTS) is 1. The van der Waals surface area contributed by atoms with E-state index in [0.717, 1.165) is 51.1 Å². The van der Waals surface area contributed by atoms with Crippen molar-refractivity contribution in [1.82, 2.24) is 4.90 Å². The zero-order valence-electron chi connectivity index (χ0n) is 28.4. The van der Waals surface area contributed by atoms with E-state index in [1.54, 1.807) is 26.2 Å². The van der Waals surface area contributed by atoms with Crippen LogP contribution in [0.4, 0.5) is 10.5 Å². The van der Waals surface area contributed by atoms with Gasteiger partial charge in [-0.3, -0.25) is 10.2 Å². The highest BCUT2D eigenvalue weighted by Gasteiger charge is 2.82. The molecule has 252 valence electrons. The first-order valence-electron chi connectivity index (χ1n) is 17.4. The number of aryl methyl sites for hydroxylation is 1. The minimum atomic E-state index is -1.01. The number of aromatic carboxylic acids is 1. The highest BCUT2D eigenvalue weighted by molar-refractivity contribution is 5.92. The summed E-state index contributed by atoms with van der Waals surface area (Å²) in [6.45, 7) is 12.2. The Bertz CT molecular complexity index is 1680. The summed E-state index contributed by atoms with van der Waals surface area (Å²) < 4.78 is 19.9. The molecule has 4 saturated carbocycles. The number of ether oxygens (including phenoxy) is 3. The number of nitrogens with one attached hydrogen (secondary N) is 1. The number of anilines is 1. The predicted octanol–water partition coefficient (Wildman–Crippen LogP) is 6.33. The van der Waals surface area contributed by atoms with Crippen molar-refractivity contribution in [3.63, 3.8) is 0 Å². The zero-order chi connectivity index (χ0) is 33.3. The van der Waals surface area contributed by atoms with Gasteiger partial charge in [0.15, 0.2) is 11.5 Å². The number of rotatable bonds is 7. The highest BCUT2D eigenvalue weighted by atomic mass is 16.6. The molecule has 2 heterocycles. The first-order chi connectivity index (χ1) is 22.2. The van der Waals surface area contributed by atoms with Gasteiger partial charge in [-0.25, -0.2) is 9.59 Å². The lowest BCUT2D eigenvalue weighted by atomic mass is 9.33. The van der Waals surface area contributed by atoms with Gasteiger partial charge < -0.3 is 24.4 Å². The lowest BCUT2D eigenvalue weighted by Crippen LogP contribution is -2.83. The molecule has 3 N–H and O–H groups in total. The maximum atomic E-state index is 13.3. The summed E-state index contributed by atoms with van der Waals surface area (Å²) in [5, 5.41) is 24.6. The molecule has 1 saturated heterocycles. The summed E-state index contributed by atoms with van der Waals surface area (Å²) in [6.07, 6.45) is 6.20. The number of likely N-dealkylation sites (tertiary alicyclic amines) is 1. The van der Waals surface area contributed by atoms with Crippen molar-refractivity contribution >= 4 is 17.7 Å². The number of amides is 1. The van der Waals surface area contributed by atoms with Crippen LogP contribution in [-0.2, 0) is 16.6 Å². The fourth-order valence-corrected chi connectivity index (χ4v) is 10.9. The minimum absolute atomic E-state index is 0.104. The van der Waals surface area contributed by atoms with Gasteiger partial charge in [0, 0.05) is 47.7 Å². The van der Waals surface area contributed by atoms with Gasteiger partial charge in [-0.15, -0.1) is 0 Å². The Hall–Kier alpha value is -3.14. The van der Waals surface area contributed by atoms with Gasteiger partial charge in [-0.1, -0.05) is 26.8 Å². The van der Waals surface area contributed by atoms with E-state index in [4.69, 9.17) is 14.2 Å². The number of piperidine rings is 1. The number of carbonyl (C=O) groups excluding carboxylic acids is 1. The van der Waals surface area contributed by atoms with Crippen molar-refractivity contribution in [3.05, 3.63) is 52.6 Å². The molecule has 7 aliphatic rings. The third-order valence-electron chi connectivity index (χ3n) is 13.7. The van der Waals surface area contributed by atoms with Crippen molar-refractivity contribution < 1.29 is 34.0 Å². The zero-order valence-corrected chi connectivity index (χ0v) is 28.4. The summed E-state index contributed by atoms with van der Waals surface area (Å²) in [4.78, 5) is 27.6. The molecule has 2 aromatic carbocycles. The topological polar surface area (TPSA) is 118 Å². The lowest BCUT2D eigenvalue weighted by molar-refractivity contribution is -0.312. The molecule has 47 heavy (non-hydrogen) atoms. The van der Waals surface area contributed by atoms with E-state index >= 15 is 0 Å². The monoisotopic (exact) mass is 644 g/mol. The lowest BCUT2D eigenvalue weighted by Gasteiger charge is -2.75. The number of aliphatic hydroxyl groups is 1. The summed E-state index contributed by atoms with van der Waals surface area (Å²) in [5.41, 5.74) is 1.12. The molecule has 1 amide bonds. The van der Waals surface area contributed by atoms with Crippen LogP contribution in [0.15, 0.2) is 30.3 Å². The summed E-state index contributed by atoms with van der Waals surface area (Å²) in [5.74, 6) is 0.640. The van der Waals surface area contributed by atoms with Crippen molar-refractivity contribution in [3.8, 4) is 11.5 Å². The van der Waals surface area contributed by atoms with Crippen molar-refractivity contribution in [1.29, 1.82) is 0 Å². The molecule has 2 aromatic rings. The third-order valence-corrected chi connectivity index (χ3v) is 13.7. The van der Waals surface area contributed by atoms with Crippen molar-refractivity contribution in [2.45, 2.75) is 108 Å². The van der Waals surface area contributed by atoms with Gasteiger partial charge in [-0.05, 0) is 112 Å².